The molecule has 3 rings (SSSR count). The topological polar surface area (TPSA) is 56.7 Å². The molecule has 0 aliphatic heterocycles. The van der Waals surface area contributed by atoms with Crippen molar-refractivity contribution in [3.05, 3.63) is 24.3 Å². The number of hydrogen-bond donors (Lipinski definition) is 1. The number of pyridine rings is 1. The molecule has 1 aliphatic carbocycles. The van der Waals surface area contributed by atoms with Crippen molar-refractivity contribution in [2.45, 2.75) is 51.0 Å². The minimum absolute atomic E-state index is 0.0727. The van der Waals surface area contributed by atoms with Crippen molar-refractivity contribution in [2.75, 3.05) is 6.54 Å². The first-order valence-corrected chi connectivity index (χ1v) is 7.20. The molecule has 102 valence electrons. The van der Waals surface area contributed by atoms with E-state index < -0.39 is 0 Å². The molecule has 0 unspecified atom stereocenters. The van der Waals surface area contributed by atoms with Crippen LogP contribution in [-0.4, -0.2) is 21.1 Å². The fraction of sp³-hybridized carbons (Fsp3) is 0.600. The molecule has 2 aromatic heterocycles. The molecule has 1 fully saturated rings. The highest BCUT2D eigenvalue weighted by Crippen LogP contribution is 2.41. The van der Waals surface area contributed by atoms with Gasteiger partial charge in [0.05, 0.1) is 11.7 Å². The van der Waals surface area contributed by atoms with Gasteiger partial charge in [-0.05, 0) is 32.8 Å². The molecule has 1 aliphatic rings. The first kappa shape index (κ1) is 12.6. The van der Waals surface area contributed by atoms with Gasteiger partial charge in [-0.15, -0.1) is 0 Å². The SMILES string of the molecule is CC(C)n1c(C2(CN)CCCC2)nc2cnccc21. The van der Waals surface area contributed by atoms with Gasteiger partial charge in [0, 0.05) is 24.2 Å². The largest absolute Gasteiger partial charge is 0.329 e. The average molecular weight is 258 g/mol. The molecule has 0 spiro atoms. The number of aromatic nitrogens is 3. The minimum Gasteiger partial charge on any atom is -0.329 e. The Hall–Kier alpha value is -1.42. The Morgan fingerprint density at radius 2 is 2.11 bits per heavy atom. The van der Waals surface area contributed by atoms with Crippen molar-refractivity contribution in [1.82, 2.24) is 14.5 Å². The van der Waals surface area contributed by atoms with Crippen LogP contribution in [0.25, 0.3) is 11.0 Å². The minimum atomic E-state index is 0.0727. The third kappa shape index (κ3) is 1.86. The molecule has 0 aromatic carbocycles. The number of fused-ring (bicyclic) bond motifs is 1. The average Bonchev–Trinajstić information content (AvgIpc) is 3.03. The predicted molar refractivity (Wildman–Crippen MR) is 77.1 cm³/mol. The van der Waals surface area contributed by atoms with Gasteiger partial charge < -0.3 is 10.3 Å². The Morgan fingerprint density at radius 1 is 1.37 bits per heavy atom. The van der Waals surface area contributed by atoms with E-state index in [1.54, 1.807) is 0 Å². The highest BCUT2D eigenvalue weighted by Gasteiger charge is 2.39. The van der Waals surface area contributed by atoms with E-state index >= 15 is 0 Å². The van der Waals surface area contributed by atoms with Crippen LogP contribution >= 0.6 is 0 Å². The Balaban J connectivity index is 2.25. The maximum absolute atomic E-state index is 6.12. The highest BCUT2D eigenvalue weighted by molar-refractivity contribution is 5.75. The highest BCUT2D eigenvalue weighted by atomic mass is 15.1. The summed E-state index contributed by atoms with van der Waals surface area (Å²) in [5.74, 6) is 1.17. The van der Waals surface area contributed by atoms with Gasteiger partial charge in [-0.2, -0.15) is 0 Å². The number of nitrogens with zero attached hydrogens (tertiary/aromatic N) is 3. The smallest absolute Gasteiger partial charge is 0.117 e. The maximum atomic E-state index is 6.12. The first-order chi connectivity index (χ1) is 9.18. The molecule has 0 saturated heterocycles. The molecule has 2 heterocycles. The fourth-order valence-corrected chi connectivity index (χ4v) is 3.42. The lowest BCUT2D eigenvalue weighted by Gasteiger charge is -2.29. The Morgan fingerprint density at radius 3 is 2.74 bits per heavy atom. The summed E-state index contributed by atoms with van der Waals surface area (Å²) < 4.78 is 2.36. The van der Waals surface area contributed by atoms with Crippen LogP contribution in [0.2, 0.25) is 0 Å². The zero-order valence-electron chi connectivity index (χ0n) is 11.8. The molecule has 19 heavy (non-hydrogen) atoms. The summed E-state index contributed by atoms with van der Waals surface area (Å²) in [5, 5.41) is 0. The van der Waals surface area contributed by atoms with Gasteiger partial charge in [-0.1, -0.05) is 12.8 Å². The molecule has 4 heteroatoms. The normalized spacial score (nSPS) is 18.5. The summed E-state index contributed by atoms with van der Waals surface area (Å²) >= 11 is 0. The Labute approximate surface area is 114 Å². The van der Waals surface area contributed by atoms with Gasteiger partial charge in [0.25, 0.3) is 0 Å². The monoisotopic (exact) mass is 258 g/mol. The number of imidazole rings is 1. The van der Waals surface area contributed by atoms with Crippen LogP contribution in [0.1, 0.15) is 51.4 Å². The summed E-state index contributed by atoms with van der Waals surface area (Å²) in [7, 11) is 0. The quantitative estimate of drug-likeness (QED) is 0.921. The molecule has 1 saturated carbocycles. The Bertz CT molecular complexity index is 579. The second kappa shape index (κ2) is 4.60. The molecule has 2 aromatic rings. The van der Waals surface area contributed by atoms with Crippen LogP contribution in [0.5, 0.6) is 0 Å². The van der Waals surface area contributed by atoms with E-state index in [2.05, 4.69) is 29.5 Å². The van der Waals surface area contributed by atoms with E-state index in [4.69, 9.17) is 10.7 Å². The second-order valence-corrected chi connectivity index (χ2v) is 5.96. The van der Waals surface area contributed by atoms with Crippen LogP contribution in [0.3, 0.4) is 0 Å². The van der Waals surface area contributed by atoms with Crippen molar-refractivity contribution in [3.63, 3.8) is 0 Å². The first-order valence-electron chi connectivity index (χ1n) is 7.20. The van der Waals surface area contributed by atoms with E-state index in [0.717, 1.165) is 18.4 Å². The standard InChI is InChI=1S/C15H22N4/c1-11(2)19-13-5-8-17-9-12(13)18-14(19)15(10-16)6-3-4-7-15/h5,8-9,11H,3-4,6-7,10,16H2,1-2H3. The van der Waals surface area contributed by atoms with Crippen molar-refractivity contribution >= 4 is 11.0 Å². The molecule has 0 amide bonds. The van der Waals surface area contributed by atoms with Crippen molar-refractivity contribution in [2.24, 2.45) is 5.73 Å². The summed E-state index contributed by atoms with van der Waals surface area (Å²) in [6, 6.07) is 2.46. The van der Waals surface area contributed by atoms with Crippen molar-refractivity contribution in [1.29, 1.82) is 0 Å². The van der Waals surface area contributed by atoms with Gasteiger partial charge in [0.1, 0.15) is 11.3 Å². The van der Waals surface area contributed by atoms with E-state index in [1.807, 2.05) is 12.4 Å². The number of rotatable bonds is 3. The zero-order chi connectivity index (χ0) is 13.5. The van der Waals surface area contributed by atoms with E-state index in [9.17, 15) is 0 Å². The molecular formula is C15H22N4. The third-order valence-corrected chi connectivity index (χ3v) is 4.43. The lowest BCUT2D eigenvalue weighted by molar-refractivity contribution is 0.393. The lowest BCUT2D eigenvalue weighted by Crippen LogP contribution is -2.35. The molecule has 0 atom stereocenters. The van der Waals surface area contributed by atoms with Crippen LogP contribution in [0.4, 0.5) is 0 Å². The van der Waals surface area contributed by atoms with Gasteiger partial charge in [0.2, 0.25) is 0 Å². The van der Waals surface area contributed by atoms with Crippen molar-refractivity contribution < 1.29 is 0 Å². The number of nitrogens with two attached hydrogens (primary N) is 1. The third-order valence-electron chi connectivity index (χ3n) is 4.43. The molecular weight excluding hydrogens is 236 g/mol. The van der Waals surface area contributed by atoms with E-state index in [-0.39, 0.29) is 5.41 Å². The molecule has 4 nitrogen and oxygen atoms in total. The van der Waals surface area contributed by atoms with Gasteiger partial charge in [-0.25, -0.2) is 4.98 Å². The van der Waals surface area contributed by atoms with E-state index in [1.165, 1.54) is 24.2 Å². The van der Waals surface area contributed by atoms with Crippen LogP contribution in [0.15, 0.2) is 18.5 Å². The van der Waals surface area contributed by atoms with Gasteiger partial charge in [0.15, 0.2) is 0 Å². The van der Waals surface area contributed by atoms with E-state index in [0.29, 0.717) is 12.6 Å². The van der Waals surface area contributed by atoms with Gasteiger partial charge >= 0.3 is 0 Å². The number of hydrogen-bond acceptors (Lipinski definition) is 3. The Kier molecular flexibility index (Phi) is 3.05. The van der Waals surface area contributed by atoms with Crippen molar-refractivity contribution in [3.8, 4) is 0 Å². The lowest BCUT2D eigenvalue weighted by atomic mass is 9.85. The molecule has 0 bridgehead atoms. The predicted octanol–water partition coefficient (Wildman–Crippen LogP) is 2.78. The summed E-state index contributed by atoms with van der Waals surface area (Å²) in [6.45, 7) is 5.12. The summed E-state index contributed by atoms with van der Waals surface area (Å²) in [5.41, 5.74) is 8.37. The fourth-order valence-electron chi connectivity index (χ4n) is 3.42. The second-order valence-electron chi connectivity index (χ2n) is 5.96. The zero-order valence-corrected chi connectivity index (χ0v) is 11.8. The van der Waals surface area contributed by atoms with Crippen LogP contribution in [0, 0.1) is 0 Å². The van der Waals surface area contributed by atoms with Gasteiger partial charge in [-0.3, -0.25) is 4.98 Å². The molecule has 2 N–H and O–H groups in total. The van der Waals surface area contributed by atoms with Crippen LogP contribution in [-0.2, 0) is 5.41 Å². The molecule has 0 radical (unpaired) electrons. The maximum Gasteiger partial charge on any atom is 0.117 e. The van der Waals surface area contributed by atoms with Crippen LogP contribution < -0.4 is 5.73 Å². The summed E-state index contributed by atoms with van der Waals surface area (Å²) in [6.07, 6.45) is 8.54. The summed E-state index contributed by atoms with van der Waals surface area (Å²) in [4.78, 5) is 9.07.